The van der Waals surface area contributed by atoms with Crippen molar-refractivity contribution in [3.8, 4) is 0 Å². The summed E-state index contributed by atoms with van der Waals surface area (Å²) in [5.74, 6) is -0.401. The standard InChI is InChI=1S/C20H25N3O2/c1-15-8-7-11-18(16(15)2)22-19(24)12-21-20(25)14-23(3)13-17-9-5-4-6-10-17/h4-11H,12-14H2,1-3H3,(H,21,25)(H,22,24). The van der Waals surface area contributed by atoms with E-state index in [1.807, 2.05) is 74.3 Å². The van der Waals surface area contributed by atoms with Crippen LogP contribution in [0.25, 0.3) is 0 Å². The molecule has 5 heteroatoms. The molecule has 0 aliphatic rings. The molecule has 0 saturated heterocycles. The molecule has 0 saturated carbocycles. The Kier molecular flexibility index (Phi) is 6.71. The van der Waals surface area contributed by atoms with Crippen LogP contribution in [0.15, 0.2) is 48.5 Å². The summed E-state index contributed by atoms with van der Waals surface area (Å²) in [5.41, 5.74) is 4.07. The van der Waals surface area contributed by atoms with Crippen LogP contribution in [0.4, 0.5) is 5.69 Å². The molecule has 5 nitrogen and oxygen atoms in total. The van der Waals surface area contributed by atoms with Gasteiger partial charge in [0.2, 0.25) is 11.8 Å². The predicted molar refractivity (Wildman–Crippen MR) is 100 cm³/mol. The van der Waals surface area contributed by atoms with Crippen molar-refractivity contribution in [3.05, 3.63) is 65.2 Å². The smallest absolute Gasteiger partial charge is 0.243 e. The minimum absolute atomic E-state index is 0.0363. The molecule has 0 radical (unpaired) electrons. The summed E-state index contributed by atoms with van der Waals surface area (Å²) >= 11 is 0. The Bertz CT molecular complexity index is 729. The summed E-state index contributed by atoms with van der Waals surface area (Å²) < 4.78 is 0. The third-order valence-corrected chi connectivity index (χ3v) is 4.03. The van der Waals surface area contributed by atoms with Gasteiger partial charge in [0.15, 0.2) is 0 Å². The van der Waals surface area contributed by atoms with E-state index in [0.29, 0.717) is 6.54 Å². The van der Waals surface area contributed by atoms with Crippen molar-refractivity contribution in [2.45, 2.75) is 20.4 Å². The summed E-state index contributed by atoms with van der Waals surface area (Å²) in [5, 5.41) is 5.49. The Morgan fingerprint density at radius 1 is 0.960 bits per heavy atom. The van der Waals surface area contributed by atoms with Crippen LogP contribution in [-0.4, -0.2) is 36.9 Å². The zero-order valence-corrected chi connectivity index (χ0v) is 15.0. The number of anilines is 1. The Morgan fingerprint density at radius 2 is 1.68 bits per heavy atom. The fourth-order valence-electron chi connectivity index (χ4n) is 2.51. The number of amides is 2. The Labute approximate surface area is 149 Å². The lowest BCUT2D eigenvalue weighted by atomic mass is 10.1. The lowest BCUT2D eigenvalue weighted by molar-refractivity contribution is -0.124. The molecule has 0 aliphatic heterocycles. The molecule has 2 amide bonds. The van der Waals surface area contributed by atoms with Gasteiger partial charge in [-0.3, -0.25) is 14.5 Å². The van der Waals surface area contributed by atoms with Gasteiger partial charge in [-0.1, -0.05) is 42.5 Å². The van der Waals surface area contributed by atoms with Gasteiger partial charge in [0.25, 0.3) is 0 Å². The number of likely N-dealkylation sites (N-methyl/N-ethyl adjacent to an activating group) is 1. The molecular formula is C20H25N3O2. The lowest BCUT2D eigenvalue weighted by Gasteiger charge is -2.16. The minimum atomic E-state index is -0.229. The summed E-state index contributed by atoms with van der Waals surface area (Å²) in [7, 11) is 1.88. The zero-order chi connectivity index (χ0) is 18.2. The fourth-order valence-corrected chi connectivity index (χ4v) is 2.51. The average Bonchev–Trinajstić information content (AvgIpc) is 2.58. The van der Waals surface area contributed by atoms with Crippen molar-refractivity contribution in [1.29, 1.82) is 0 Å². The Hall–Kier alpha value is -2.66. The second-order valence-electron chi connectivity index (χ2n) is 6.23. The highest BCUT2D eigenvalue weighted by Crippen LogP contribution is 2.17. The van der Waals surface area contributed by atoms with Crippen molar-refractivity contribution in [2.75, 3.05) is 25.5 Å². The molecule has 0 aliphatic carbocycles. The van der Waals surface area contributed by atoms with Crippen molar-refractivity contribution in [2.24, 2.45) is 0 Å². The van der Waals surface area contributed by atoms with E-state index >= 15 is 0 Å². The highest BCUT2D eigenvalue weighted by atomic mass is 16.2. The molecule has 2 aromatic rings. The third-order valence-electron chi connectivity index (χ3n) is 4.03. The van der Waals surface area contributed by atoms with E-state index in [1.165, 1.54) is 0 Å². The second kappa shape index (κ2) is 8.99. The van der Waals surface area contributed by atoms with Crippen LogP contribution in [0.3, 0.4) is 0 Å². The first-order chi connectivity index (χ1) is 12.0. The molecule has 2 N–H and O–H groups in total. The monoisotopic (exact) mass is 339 g/mol. The number of carbonyl (C=O) groups is 2. The van der Waals surface area contributed by atoms with Crippen molar-refractivity contribution >= 4 is 17.5 Å². The number of benzene rings is 2. The first-order valence-electron chi connectivity index (χ1n) is 8.31. The van der Waals surface area contributed by atoms with E-state index in [9.17, 15) is 9.59 Å². The van der Waals surface area contributed by atoms with Crippen molar-refractivity contribution in [3.63, 3.8) is 0 Å². The molecule has 0 atom stereocenters. The molecule has 25 heavy (non-hydrogen) atoms. The summed E-state index contributed by atoms with van der Waals surface area (Å²) in [6, 6.07) is 15.7. The SMILES string of the molecule is Cc1cccc(NC(=O)CNC(=O)CN(C)Cc2ccccc2)c1C. The quantitative estimate of drug-likeness (QED) is 0.815. The average molecular weight is 339 g/mol. The number of nitrogens with one attached hydrogen (secondary N) is 2. The zero-order valence-electron chi connectivity index (χ0n) is 15.0. The molecule has 0 bridgehead atoms. The molecule has 2 aromatic carbocycles. The number of hydrogen-bond donors (Lipinski definition) is 2. The van der Waals surface area contributed by atoms with Crippen molar-refractivity contribution in [1.82, 2.24) is 10.2 Å². The minimum Gasteiger partial charge on any atom is -0.346 e. The van der Waals surface area contributed by atoms with Crippen LogP contribution in [-0.2, 0) is 16.1 Å². The maximum Gasteiger partial charge on any atom is 0.243 e. The Morgan fingerprint density at radius 3 is 2.40 bits per heavy atom. The molecule has 0 heterocycles. The van der Waals surface area contributed by atoms with Gasteiger partial charge in [-0.15, -0.1) is 0 Å². The highest BCUT2D eigenvalue weighted by Gasteiger charge is 2.10. The van der Waals surface area contributed by atoms with Gasteiger partial charge in [-0.05, 0) is 43.7 Å². The van der Waals surface area contributed by atoms with Crippen LogP contribution in [0.1, 0.15) is 16.7 Å². The van der Waals surface area contributed by atoms with Gasteiger partial charge in [0.1, 0.15) is 0 Å². The maximum atomic E-state index is 12.0. The number of hydrogen-bond acceptors (Lipinski definition) is 3. The van der Waals surface area contributed by atoms with Gasteiger partial charge >= 0.3 is 0 Å². The molecule has 132 valence electrons. The first kappa shape index (κ1) is 18.7. The first-order valence-corrected chi connectivity index (χ1v) is 8.31. The molecule has 0 aromatic heterocycles. The van der Waals surface area contributed by atoms with Crippen molar-refractivity contribution < 1.29 is 9.59 Å². The van der Waals surface area contributed by atoms with Gasteiger partial charge in [-0.2, -0.15) is 0 Å². The molecule has 0 unspecified atom stereocenters. The Balaban J connectivity index is 1.75. The van der Waals surface area contributed by atoms with Crippen LogP contribution < -0.4 is 10.6 Å². The second-order valence-corrected chi connectivity index (χ2v) is 6.23. The van der Waals surface area contributed by atoms with Gasteiger partial charge in [-0.25, -0.2) is 0 Å². The molecule has 0 spiro atoms. The largest absolute Gasteiger partial charge is 0.346 e. The lowest BCUT2D eigenvalue weighted by Crippen LogP contribution is -2.39. The normalized spacial score (nSPS) is 10.6. The fraction of sp³-hybridized carbons (Fsp3) is 0.300. The number of nitrogens with zero attached hydrogens (tertiary/aromatic N) is 1. The number of rotatable bonds is 7. The molecular weight excluding hydrogens is 314 g/mol. The third kappa shape index (κ3) is 6.04. The maximum absolute atomic E-state index is 12.0. The molecule has 0 fully saturated rings. The topological polar surface area (TPSA) is 61.4 Å². The highest BCUT2D eigenvalue weighted by molar-refractivity contribution is 5.95. The number of carbonyl (C=O) groups excluding carboxylic acids is 2. The van der Waals surface area contributed by atoms with Crippen LogP contribution in [0, 0.1) is 13.8 Å². The van der Waals surface area contributed by atoms with E-state index < -0.39 is 0 Å². The van der Waals surface area contributed by atoms with Gasteiger partial charge in [0, 0.05) is 12.2 Å². The van der Waals surface area contributed by atoms with E-state index in [1.54, 1.807) is 0 Å². The summed E-state index contributed by atoms with van der Waals surface area (Å²) in [6.07, 6.45) is 0. The van der Waals surface area contributed by atoms with E-state index in [4.69, 9.17) is 0 Å². The summed E-state index contributed by atoms with van der Waals surface area (Å²) in [4.78, 5) is 25.9. The van der Waals surface area contributed by atoms with Crippen LogP contribution >= 0.6 is 0 Å². The van der Waals surface area contributed by atoms with Crippen LogP contribution in [0.5, 0.6) is 0 Å². The van der Waals surface area contributed by atoms with Gasteiger partial charge < -0.3 is 10.6 Å². The van der Waals surface area contributed by atoms with E-state index in [2.05, 4.69) is 10.6 Å². The van der Waals surface area contributed by atoms with E-state index in [-0.39, 0.29) is 24.9 Å². The van der Waals surface area contributed by atoms with Crippen LogP contribution in [0.2, 0.25) is 0 Å². The number of aryl methyl sites for hydroxylation is 1. The summed E-state index contributed by atoms with van der Waals surface area (Å²) in [6.45, 7) is 4.84. The predicted octanol–water partition coefficient (Wildman–Crippen LogP) is 2.49. The molecule has 2 rings (SSSR count). The van der Waals surface area contributed by atoms with E-state index in [0.717, 1.165) is 22.4 Å². The van der Waals surface area contributed by atoms with Gasteiger partial charge in [0.05, 0.1) is 13.1 Å².